The van der Waals surface area contributed by atoms with Gasteiger partial charge in [-0.2, -0.15) is 5.26 Å². The van der Waals surface area contributed by atoms with Crippen molar-refractivity contribution >= 4 is 23.2 Å². The van der Waals surface area contributed by atoms with E-state index in [2.05, 4.69) is 16.3 Å². The number of amides is 1. The average Bonchev–Trinajstić information content (AvgIpc) is 2.47. The Morgan fingerprint density at radius 3 is 2.95 bits per heavy atom. The van der Waals surface area contributed by atoms with Crippen molar-refractivity contribution in [2.45, 2.75) is 32.7 Å². The molecule has 0 radical (unpaired) electrons. The van der Waals surface area contributed by atoms with Crippen molar-refractivity contribution in [3.8, 4) is 6.07 Å². The second-order valence-corrected chi connectivity index (χ2v) is 6.10. The Balaban J connectivity index is 2.15. The molecule has 1 N–H and O–H groups in total. The van der Waals surface area contributed by atoms with Crippen LogP contribution in [-0.4, -0.2) is 25.0 Å². The first-order chi connectivity index (χ1) is 10.0. The number of halogens is 1. The molecule has 1 heterocycles. The third kappa shape index (κ3) is 3.68. The molecule has 1 aromatic rings. The lowest BCUT2D eigenvalue weighted by atomic mass is 10.0. The highest BCUT2D eigenvalue weighted by Crippen LogP contribution is 2.31. The standard InChI is InChI=1S/C16H20ClN3O/c1-11(2)16(21)19-13-6-4-8-20(10-13)15-12(9-18)5-3-7-14(15)17/h3,5,7,11,13H,4,6,8,10H2,1-2H3,(H,19,21). The van der Waals surface area contributed by atoms with Crippen LogP contribution >= 0.6 is 11.6 Å². The Kier molecular flexibility index (Phi) is 5.08. The summed E-state index contributed by atoms with van der Waals surface area (Å²) in [7, 11) is 0. The minimum atomic E-state index is -0.0182. The number of para-hydroxylation sites is 1. The van der Waals surface area contributed by atoms with Crippen molar-refractivity contribution in [3.63, 3.8) is 0 Å². The Labute approximate surface area is 130 Å². The number of benzene rings is 1. The van der Waals surface area contributed by atoms with Crippen molar-refractivity contribution in [2.24, 2.45) is 5.92 Å². The minimum absolute atomic E-state index is 0.0182. The van der Waals surface area contributed by atoms with E-state index in [1.807, 2.05) is 13.8 Å². The zero-order valence-corrected chi connectivity index (χ0v) is 13.2. The van der Waals surface area contributed by atoms with Crippen molar-refractivity contribution < 1.29 is 4.79 Å². The first kappa shape index (κ1) is 15.7. The third-order valence-electron chi connectivity index (χ3n) is 3.72. The van der Waals surface area contributed by atoms with Crippen molar-refractivity contribution in [1.82, 2.24) is 5.32 Å². The lowest BCUT2D eigenvalue weighted by molar-refractivity contribution is -0.124. The molecule has 1 fully saturated rings. The zero-order valence-electron chi connectivity index (χ0n) is 12.4. The van der Waals surface area contributed by atoms with E-state index in [4.69, 9.17) is 11.6 Å². The number of rotatable bonds is 3. The number of hydrogen-bond donors (Lipinski definition) is 1. The smallest absolute Gasteiger partial charge is 0.222 e. The molecule has 1 saturated heterocycles. The molecular formula is C16H20ClN3O. The second kappa shape index (κ2) is 6.82. The maximum atomic E-state index is 11.8. The summed E-state index contributed by atoms with van der Waals surface area (Å²) in [6.07, 6.45) is 1.93. The summed E-state index contributed by atoms with van der Waals surface area (Å²) in [6, 6.07) is 7.66. The number of piperidine rings is 1. The predicted molar refractivity (Wildman–Crippen MR) is 84.4 cm³/mol. The van der Waals surface area contributed by atoms with Crippen LogP contribution in [0.2, 0.25) is 5.02 Å². The van der Waals surface area contributed by atoms with Gasteiger partial charge in [0.2, 0.25) is 5.91 Å². The van der Waals surface area contributed by atoms with E-state index in [-0.39, 0.29) is 17.9 Å². The number of anilines is 1. The van der Waals surface area contributed by atoms with E-state index in [9.17, 15) is 10.1 Å². The lowest BCUT2D eigenvalue weighted by Gasteiger charge is -2.36. The van der Waals surface area contributed by atoms with E-state index in [0.29, 0.717) is 17.1 Å². The van der Waals surface area contributed by atoms with Gasteiger partial charge in [-0.3, -0.25) is 4.79 Å². The summed E-state index contributed by atoms with van der Waals surface area (Å²) < 4.78 is 0. The molecule has 0 aliphatic carbocycles. The van der Waals surface area contributed by atoms with Gasteiger partial charge >= 0.3 is 0 Å². The van der Waals surface area contributed by atoms with Crippen molar-refractivity contribution in [3.05, 3.63) is 28.8 Å². The summed E-state index contributed by atoms with van der Waals surface area (Å²) in [4.78, 5) is 13.9. The van der Waals surface area contributed by atoms with Crippen LogP contribution in [0.4, 0.5) is 5.69 Å². The third-order valence-corrected chi connectivity index (χ3v) is 4.02. The normalized spacial score (nSPS) is 18.4. The van der Waals surface area contributed by atoms with Gasteiger partial charge in [0, 0.05) is 25.0 Å². The van der Waals surface area contributed by atoms with Crippen LogP contribution in [0.25, 0.3) is 0 Å². The van der Waals surface area contributed by atoms with Gasteiger partial charge in [0.05, 0.1) is 16.3 Å². The molecular weight excluding hydrogens is 286 g/mol. The molecule has 1 atom stereocenters. The SMILES string of the molecule is CC(C)C(=O)NC1CCCN(c2c(Cl)cccc2C#N)C1. The topological polar surface area (TPSA) is 56.1 Å². The zero-order chi connectivity index (χ0) is 15.4. The van der Waals surface area contributed by atoms with Gasteiger partial charge in [0.1, 0.15) is 6.07 Å². The van der Waals surface area contributed by atoms with E-state index < -0.39 is 0 Å². The molecule has 1 aliphatic rings. The molecule has 0 saturated carbocycles. The van der Waals surface area contributed by atoms with Crippen LogP contribution < -0.4 is 10.2 Å². The molecule has 5 heteroatoms. The van der Waals surface area contributed by atoms with E-state index in [1.165, 1.54) is 0 Å². The number of nitriles is 1. The number of carbonyl (C=O) groups excluding carboxylic acids is 1. The van der Waals surface area contributed by atoms with Gasteiger partial charge < -0.3 is 10.2 Å². The number of carbonyl (C=O) groups is 1. The Morgan fingerprint density at radius 2 is 2.29 bits per heavy atom. The number of nitrogens with zero attached hydrogens (tertiary/aromatic N) is 2. The fraction of sp³-hybridized carbons (Fsp3) is 0.500. The monoisotopic (exact) mass is 305 g/mol. The highest BCUT2D eigenvalue weighted by atomic mass is 35.5. The summed E-state index contributed by atoms with van der Waals surface area (Å²) in [5.41, 5.74) is 1.36. The molecule has 4 nitrogen and oxygen atoms in total. The highest BCUT2D eigenvalue weighted by Gasteiger charge is 2.25. The van der Waals surface area contributed by atoms with Crippen LogP contribution in [0.1, 0.15) is 32.3 Å². The molecule has 2 rings (SSSR count). The summed E-state index contributed by atoms with van der Waals surface area (Å²) >= 11 is 6.27. The highest BCUT2D eigenvalue weighted by molar-refractivity contribution is 6.33. The molecule has 1 unspecified atom stereocenters. The van der Waals surface area contributed by atoms with Crippen LogP contribution in [0.5, 0.6) is 0 Å². The van der Waals surface area contributed by atoms with Crippen molar-refractivity contribution in [2.75, 3.05) is 18.0 Å². The molecule has 1 aliphatic heterocycles. The molecule has 21 heavy (non-hydrogen) atoms. The molecule has 1 aromatic carbocycles. The van der Waals surface area contributed by atoms with E-state index in [0.717, 1.165) is 25.1 Å². The predicted octanol–water partition coefficient (Wildman–Crippen LogP) is 2.95. The molecule has 0 aromatic heterocycles. The first-order valence-corrected chi connectivity index (χ1v) is 7.64. The number of hydrogen-bond acceptors (Lipinski definition) is 3. The number of nitrogens with one attached hydrogen (secondary N) is 1. The van der Waals surface area contributed by atoms with Gasteiger partial charge in [-0.25, -0.2) is 0 Å². The first-order valence-electron chi connectivity index (χ1n) is 7.27. The quantitative estimate of drug-likeness (QED) is 0.934. The van der Waals surface area contributed by atoms with Crippen molar-refractivity contribution in [1.29, 1.82) is 5.26 Å². The average molecular weight is 306 g/mol. The maximum absolute atomic E-state index is 11.8. The van der Waals surface area contributed by atoms with Gasteiger partial charge in [-0.15, -0.1) is 0 Å². The van der Waals surface area contributed by atoms with Gasteiger partial charge in [-0.1, -0.05) is 31.5 Å². The van der Waals surface area contributed by atoms with Crippen LogP contribution in [0.15, 0.2) is 18.2 Å². The molecule has 0 spiro atoms. The lowest BCUT2D eigenvalue weighted by Crippen LogP contribution is -2.49. The van der Waals surface area contributed by atoms with E-state index in [1.54, 1.807) is 18.2 Å². The summed E-state index contributed by atoms with van der Waals surface area (Å²) in [6.45, 7) is 5.32. The fourth-order valence-electron chi connectivity index (χ4n) is 2.59. The second-order valence-electron chi connectivity index (χ2n) is 5.70. The Bertz CT molecular complexity index is 565. The molecule has 1 amide bonds. The van der Waals surface area contributed by atoms with Gasteiger partial charge in [0.25, 0.3) is 0 Å². The van der Waals surface area contributed by atoms with Gasteiger partial charge in [-0.05, 0) is 25.0 Å². The van der Waals surface area contributed by atoms with E-state index >= 15 is 0 Å². The largest absolute Gasteiger partial charge is 0.367 e. The van der Waals surface area contributed by atoms with Crippen LogP contribution in [0, 0.1) is 17.2 Å². The maximum Gasteiger partial charge on any atom is 0.222 e. The summed E-state index contributed by atoms with van der Waals surface area (Å²) in [5.74, 6) is 0.0527. The van der Waals surface area contributed by atoms with Crippen LogP contribution in [0.3, 0.4) is 0 Å². The minimum Gasteiger partial charge on any atom is -0.367 e. The Morgan fingerprint density at radius 1 is 1.52 bits per heavy atom. The van der Waals surface area contributed by atoms with Crippen LogP contribution in [-0.2, 0) is 4.79 Å². The fourth-order valence-corrected chi connectivity index (χ4v) is 2.89. The summed E-state index contributed by atoms with van der Waals surface area (Å²) in [5, 5.41) is 12.9. The molecule has 0 bridgehead atoms. The van der Waals surface area contributed by atoms with Gasteiger partial charge in [0.15, 0.2) is 0 Å². The Hall–Kier alpha value is -1.73. The molecule has 112 valence electrons.